The van der Waals surface area contributed by atoms with Crippen LogP contribution in [0.5, 0.6) is 0 Å². The molecule has 0 nitrogen and oxygen atoms in total. The van der Waals surface area contributed by atoms with Crippen molar-refractivity contribution in [2.45, 2.75) is 0 Å². The molecule has 0 aliphatic rings. The van der Waals surface area contributed by atoms with Gasteiger partial charge in [0, 0.05) is 15.3 Å². The van der Waals surface area contributed by atoms with Crippen molar-refractivity contribution < 1.29 is 0 Å². The molecule has 0 amide bonds. The molecule has 0 spiro atoms. The van der Waals surface area contributed by atoms with Crippen molar-refractivity contribution in [3.8, 4) is 65.4 Å². The molecule has 1 aromatic heterocycles. The summed E-state index contributed by atoms with van der Waals surface area (Å²) in [6, 6.07) is 75.3. The molecule has 0 saturated carbocycles. The van der Waals surface area contributed by atoms with E-state index >= 15 is 0 Å². The van der Waals surface area contributed by atoms with E-state index in [9.17, 15) is 0 Å². The molecule has 0 N–H and O–H groups in total. The van der Waals surface area contributed by atoms with Crippen molar-refractivity contribution in [2.75, 3.05) is 0 Å². The zero-order chi connectivity index (χ0) is 35.1. The summed E-state index contributed by atoms with van der Waals surface area (Å²) in [4.78, 5) is 2.56. The second-order valence-electron chi connectivity index (χ2n) is 13.6. The van der Waals surface area contributed by atoms with Crippen LogP contribution in [0, 0.1) is 0 Å². The molecule has 1 heteroatoms. The molecule has 53 heavy (non-hydrogen) atoms. The van der Waals surface area contributed by atoms with Gasteiger partial charge in [-0.25, -0.2) is 0 Å². The third kappa shape index (κ3) is 5.54. The van der Waals surface area contributed by atoms with Crippen molar-refractivity contribution >= 4 is 43.7 Å². The standard InChI is InChI=1S/C52H34S/c1-3-15-36(16-4-1)48-34-49(53-52(48)39-18-5-2-6-19-39)40-21-13-22-41(33-40)51-46-26-11-9-24-44(46)50(45-25-10-12-27-47(45)51)38-31-29-37(30-32-38)43-28-14-20-35-17-7-8-23-42(35)43/h1-34H. The summed E-state index contributed by atoms with van der Waals surface area (Å²) in [6.07, 6.45) is 0. The first-order valence-electron chi connectivity index (χ1n) is 18.2. The second kappa shape index (κ2) is 13.2. The highest BCUT2D eigenvalue weighted by Gasteiger charge is 2.19. The van der Waals surface area contributed by atoms with E-state index < -0.39 is 0 Å². The summed E-state index contributed by atoms with van der Waals surface area (Å²) in [7, 11) is 0. The molecule has 0 unspecified atom stereocenters. The fraction of sp³-hybridized carbons (Fsp3) is 0. The fourth-order valence-corrected chi connectivity index (χ4v) is 9.22. The molecule has 10 rings (SSSR count). The molecule has 10 aromatic rings. The molecular formula is C52H34S. The maximum atomic E-state index is 2.39. The number of thiophene rings is 1. The molecule has 1 heterocycles. The van der Waals surface area contributed by atoms with Gasteiger partial charge in [-0.05, 0) is 94.5 Å². The van der Waals surface area contributed by atoms with Gasteiger partial charge in [-0.3, -0.25) is 0 Å². The Balaban J connectivity index is 1.12. The Morgan fingerprint density at radius 1 is 0.264 bits per heavy atom. The Labute approximate surface area is 313 Å². The normalized spacial score (nSPS) is 11.4. The summed E-state index contributed by atoms with van der Waals surface area (Å²) in [5, 5.41) is 7.59. The number of hydrogen-bond donors (Lipinski definition) is 0. The topological polar surface area (TPSA) is 0 Å². The van der Waals surface area contributed by atoms with Crippen LogP contribution in [0.15, 0.2) is 206 Å². The van der Waals surface area contributed by atoms with Gasteiger partial charge in [-0.15, -0.1) is 11.3 Å². The highest BCUT2D eigenvalue weighted by molar-refractivity contribution is 7.19. The van der Waals surface area contributed by atoms with Gasteiger partial charge in [0.25, 0.3) is 0 Å². The zero-order valence-corrected chi connectivity index (χ0v) is 29.9. The van der Waals surface area contributed by atoms with Crippen molar-refractivity contribution in [2.24, 2.45) is 0 Å². The molecule has 0 saturated heterocycles. The monoisotopic (exact) mass is 690 g/mol. The van der Waals surface area contributed by atoms with Gasteiger partial charge in [0.05, 0.1) is 0 Å². The summed E-state index contributed by atoms with van der Waals surface area (Å²) in [5.41, 5.74) is 12.5. The van der Waals surface area contributed by atoms with Crippen molar-refractivity contribution in [1.82, 2.24) is 0 Å². The lowest BCUT2D eigenvalue weighted by Crippen LogP contribution is -1.91. The fourth-order valence-electron chi connectivity index (χ4n) is 8.04. The van der Waals surface area contributed by atoms with E-state index in [1.54, 1.807) is 0 Å². The first kappa shape index (κ1) is 31.2. The minimum Gasteiger partial charge on any atom is -0.135 e. The summed E-state index contributed by atoms with van der Waals surface area (Å²) in [6.45, 7) is 0. The maximum Gasteiger partial charge on any atom is 0.0427 e. The predicted molar refractivity (Wildman–Crippen MR) is 229 cm³/mol. The highest BCUT2D eigenvalue weighted by Crippen LogP contribution is 2.47. The van der Waals surface area contributed by atoms with Gasteiger partial charge in [0.15, 0.2) is 0 Å². The van der Waals surface area contributed by atoms with E-state index in [1.165, 1.54) is 97.7 Å². The van der Waals surface area contributed by atoms with Gasteiger partial charge in [-0.2, -0.15) is 0 Å². The molecule has 248 valence electrons. The highest BCUT2D eigenvalue weighted by atomic mass is 32.1. The van der Waals surface area contributed by atoms with Gasteiger partial charge < -0.3 is 0 Å². The lowest BCUT2D eigenvalue weighted by Gasteiger charge is -2.18. The number of fused-ring (bicyclic) bond motifs is 3. The van der Waals surface area contributed by atoms with Crippen molar-refractivity contribution in [3.05, 3.63) is 206 Å². The Morgan fingerprint density at radius 3 is 1.38 bits per heavy atom. The van der Waals surface area contributed by atoms with Gasteiger partial charge in [-0.1, -0.05) is 194 Å². The Hall–Kier alpha value is -6.54. The Kier molecular flexibility index (Phi) is 7.78. The number of hydrogen-bond acceptors (Lipinski definition) is 1. The largest absolute Gasteiger partial charge is 0.135 e. The van der Waals surface area contributed by atoms with Crippen LogP contribution >= 0.6 is 11.3 Å². The average Bonchev–Trinajstić information content (AvgIpc) is 3.69. The van der Waals surface area contributed by atoms with Gasteiger partial charge in [0.2, 0.25) is 0 Å². The van der Waals surface area contributed by atoms with Crippen LogP contribution in [-0.4, -0.2) is 0 Å². The first-order chi connectivity index (χ1) is 26.3. The quantitative estimate of drug-likeness (QED) is 0.152. The van der Waals surface area contributed by atoms with Crippen LogP contribution < -0.4 is 0 Å². The summed E-state index contributed by atoms with van der Waals surface area (Å²) in [5.74, 6) is 0. The van der Waals surface area contributed by atoms with E-state index in [0.717, 1.165) is 0 Å². The third-order valence-corrected chi connectivity index (χ3v) is 11.7. The van der Waals surface area contributed by atoms with Crippen LogP contribution in [0.2, 0.25) is 0 Å². The third-order valence-electron chi connectivity index (χ3n) is 10.5. The predicted octanol–water partition coefficient (Wildman–Crippen LogP) is 15.2. The van der Waals surface area contributed by atoms with Gasteiger partial charge >= 0.3 is 0 Å². The summed E-state index contributed by atoms with van der Waals surface area (Å²) >= 11 is 1.87. The molecule has 0 radical (unpaired) electrons. The lowest BCUT2D eigenvalue weighted by atomic mass is 9.85. The smallest absolute Gasteiger partial charge is 0.0427 e. The molecule has 0 aliphatic heterocycles. The lowest BCUT2D eigenvalue weighted by molar-refractivity contribution is 1.63. The Bertz CT molecular complexity index is 2800. The van der Waals surface area contributed by atoms with Crippen LogP contribution in [0.1, 0.15) is 0 Å². The maximum absolute atomic E-state index is 2.39. The molecule has 0 fully saturated rings. The van der Waals surface area contributed by atoms with Crippen LogP contribution in [0.4, 0.5) is 0 Å². The summed E-state index contributed by atoms with van der Waals surface area (Å²) < 4.78 is 0. The van der Waals surface area contributed by atoms with Crippen LogP contribution in [-0.2, 0) is 0 Å². The van der Waals surface area contributed by atoms with Crippen LogP contribution in [0.25, 0.3) is 97.7 Å². The van der Waals surface area contributed by atoms with Crippen molar-refractivity contribution in [1.29, 1.82) is 0 Å². The Morgan fingerprint density at radius 2 is 0.717 bits per heavy atom. The molecule has 9 aromatic carbocycles. The average molecular weight is 691 g/mol. The van der Waals surface area contributed by atoms with E-state index in [4.69, 9.17) is 0 Å². The minimum atomic E-state index is 1.22. The van der Waals surface area contributed by atoms with Gasteiger partial charge in [0.1, 0.15) is 0 Å². The molecule has 0 aliphatic carbocycles. The van der Waals surface area contributed by atoms with E-state index in [1.807, 2.05) is 11.3 Å². The van der Waals surface area contributed by atoms with E-state index in [0.29, 0.717) is 0 Å². The first-order valence-corrected chi connectivity index (χ1v) is 19.0. The van der Waals surface area contributed by atoms with Crippen molar-refractivity contribution in [3.63, 3.8) is 0 Å². The molecule has 0 bridgehead atoms. The molecule has 0 atom stereocenters. The molecular weight excluding hydrogens is 657 g/mol. The van der Waals surface area contributed by atoms with Crippen LogP contribution in [0.3, 0.4) is 0 Å². The SMILES string of the molecule is c1ccc(-c2cc(-c3cccc(-c4c5ccccc5c(-c5ccc(-c6cccc7ccccc67)cc5)c5ccccc45)c3)sc2-c2ccccc2)cc1. The van der Waals surface area contributed by atoms with E-state index in [-0.39, 0.29) is 0 Å². The second-order valence-corrected chi connectivity index (χ2v) is 14.7. The van der Waals surface area contributed by atoms with E-state index in [2.05, 4.69) is 206 Å². The number of rotatable bonds is 6. The zero-order valence-electron chi connectivity index (χ0n) is 29.0. The minimum absolute atomic E-state index is 1.22. The number of benzene rings is 9.